The minimum absolute atomic E-state index is 0.142. The quantitative estimate of drug-likeness (QED) is 0.511. The number of pyridine rings is 1. The van der Waals surface area contributed by atoms with Gasteiger partial charge in [0.15, 0.2) is 0 Å². The van der Waals surface area contributed by atoms with Crippen molar-refractivity contribution in [3.8, 4) is 0 Å². The van der Waals surface area contributed by atoms with E-state index in [2.05, 4.69) is 20.3 Å². The van der Waals surface area contributed by atoms with Crippen molar-refractivity contribution in [3.05, 3.63) is 100 Å². The molecule has 0 aliphatic carbocycles. The van der Waals surface area contributed by atoms with Gasteiger partial charge in [0.05, 0.1) is 5.51 Å². The van der Waals surface area contributed by atoms with E-state index in [1.165, 1.54) is 11.3 Å². The second-order valence-corrected chi connectivity index (χ2v) is 8.13. The van der Waals surface area contributed by atoms with E-state index in [0.717, 1.165) is 11.1 Å². The maximum atomic E-state index is 13.2. The first kappa shape index (κ1) is 20.1. The van der Waals surface area contributed by atoms with Crippen LogP contribution in [0.3, 0.4) is 0 Å². The highest BCUT2D eigenvalue weighted by Gasteiger charge is 2.35. The van der Waals surface area contributed by atoms with Crippen molar-refractivity contribution >= 4 is 23.2 Å². The molecule has 4 heterocycles. The fourth-order valence-electron chi connectivity index (χ4n) is 3.84. The number of imidazole rings is 1. The van der Waals surface area contributed by atoms with Crippen molar-refractivity contribution < 1.29 is 9.59 Å². The summed E-state index contributed by atoms with van der Waals surface area (Å²) < 4.78 is 1.96. The Hall–Kier alpha value is -3.85. The SMILES string of the molecule is O=C(NCc1cccnc1)c1cn2c(n1)C(c1ccccc1)N(C(=O)c1cscn1)CC2. The van der Waals surface area contributed by atoms with E-state index in [1.807, 2.05) is 47.0 Å². The summed E-state index contributed by atoms with van der Waals surface area (Å²) in [7, 11) is 0. The first-order chi connectivity index (χ1) is 15.7. The molecule has 1 aliphatic rings. The molecule has 1 atom stereocenters. The molecule has 1 aromatic carbocycles. The van der Waals surface area contributed by atoms with Crippen LogP contribution in [0.15, 0.2) is 71.9 Å². The Balaban J connectivity index is 1.45. The number of aromatic nitrogens is 4. The molecule has 1 aliphatic heterocycles. The summed E-state index contributed by atoms with van der Waals surface area (Å²) in [6.45, 7) is 1.42. The highest BCUT2D eigenvalue weighted by atomic mass is 32.1. The summed E-state index contributed by atoms with van der Waals surface area (Å²) in [5.74, 6) is 0.259. The molecule has 0 spiro atoms. The zero-order valence-electron chi connectivity index (χ0n) is 17.1. The number of hydrogen-bond donors (Lipinski definition) is 1. The fraction of sp³-hybridized carbons (Fsp3) is 0.174. The summed E-state index contributed by atoms with van der Waals surface area (Å²) in [5, 5.41) is 4.64. The average molecular weight is 445 g/mol. The maximum absolute atomic E-state index is 13.2. The van der Waals surface area contributed by atoms with E-state index in [0.29, 0.717) is 36.8 Å². The lowest BCUT2D eigenvalue weighted by molar-refractivity contribution is 0.0653. The van der Waals surface area contributed by atoms with Gasteiger partial charge in [-0.3, -0.25) is 14.6 Å². The average Bonchev–Trinajstić information content (AvgIpc) is 3.53. The van der Waals surface area contributed by atoms with Crippen molar-refractivity contribution in [2.45, 2.75) is 19.1 Å². The van der Waals surface area contributed by atoms with Gasteiger partial charge in [0.2, 0.25) is 0 Å². The number of fused-ring (bicyclic) bond motifs is 1. The number of thiazole rings is 1. The lowest BCUT2D eigenvalue weighted by Crippen LogP contribution is -2.42. The van der Waals surface area contributed by atoms with Gasteiger partial charge in [-0.15, -0.1) is 11.3 Å². The van der Waals surface area contributed by atoms with Gasteiger partial charge in [0.25, 0.3) is 11.8 Å². The molecule has 8 nitrogen and oxygen atoms in total. The van der Waals surface area contributed by atoms with Crippen LogP contribution in [0, 0.1) is 0 Å². The zero-order valence-corrected chi connectivity index (χ0v) is 17.9. The van der Waals surface area contributed by atoms with Crippen LogP contribution in [-0.4, -0.2) is 42.8 Å². The summed E-state index contributed by atoms with van der Waals surface area (Å²) in [6.07, 6.45) is 5.16. The maximum Gasteiger partial charge on any atom is 0.274 e. The smallest absolute Gasteiger partial charge is 0.274 e. The fourth-order valence-corrected chi connectivity index (χ4v) is 4.37. The third-order valence-corrected chi connectivity index (χ3v) is 5.97. The molecule has 0 radical (unpaired) electrons. The van der Waals surface area contributed by atoms with Crippen LogP contribution in [0.25, 0.3) is 0 Å². The van der Waals surface area contributed by atoms with Crippen LogP contribution in [0.4, 0.5) is 0 Å². The predicted molar refractivity (Wildman–Crippen MR) is 119 cm³/mol. The number of rotatable bonds is 5. The van der Waals surface area contributed by atoms with E-state index >= 15 is 0 Å². The van der Waals surface area contributed by atoms with Crippen molar-refractivity contribution in [2.24, 2.45) is 0 Å². The van der Waals surface area contributed by atoms with Gasteiger partial charge >= 0.3 is 0 Å². The molecule has 0 fully saturated rings. The Morgan fingerprint density at radius 2 is 1.97 bits per heavy atom. The summed E-state index contributed by atoms with van der Waals surface area (Å²) in [5.41, 5.74) is 4.25. The van der Waals surface area contributed by atoms with Gasteiger partial charge in [0, 0.05) is 43.6 Å². The van der Waals surface area contributed by atoms with E-state index in [-0.39, 0.29) is 11.8 Å². The van der Waals surface area contributed by atoms with Gasteiger partial charge in [-0.1, -0.05) is 36.4 Å². The molecule has 3 aromatic heterocycles. The molecule has 0 bridgehead atoms. The molecule has 1 unspecified atom stereocenters. The molecule has 9 heteroatoms. The van der Waals surface area contributed by atoms with Crippen molar-refractivity contribution in [2.75, 3.05) is 6.54 Å². The Labute approximate surface area is 188 Å². The highest BCUT2D eigenvalue weighted by Crippen LogP contribution is 2.32. The second kappa shape index (κ2) is 8.72. The van der Waals surface area contributed by atoms with Crippen LogP contribution in [0.5, 0.6) is 0 Å². The molecule has 5 rings (SSSR count). The molecule has 32 heavy (non-hydrogen) atoms. The number of carbonyl (C=O) groups excluding carboxylic acids is 2. The number of carbonyl (C=O) groups is 2. The van der Waals surface area contributed by atoms with Crippen LogP contribution >= 0.6 is 11.3 Å². The minimum Gasteiger partial charge on any atom is -0.347 e. The van der Waals surface area contributed by atoms with Crippen molar-refractivity contribution in [1.29, 1.82) is 0 Å². The molecular formula is C23H20N6O2S. The minimum atomic E-state index is -0.404. The van der Waals surface area contributed by atoms with Crippen LogP contribution in [0.1, 0.15) is 44.0 Å². The van der Waals surface area contributed by atoms with Gasteiger partial charge < -0.3 is 14.8 Å². The molecular weight excluding hydrogens is 424 g/mol. The Morgan fingerprint density at radius 3 is 2.72 bits per heavy atom. The van der Waals surface area contributed by atoms with Crippen LogP contribution in [-0.2, 0) is 13.1 Å². The molecule has 4 aromatic rings. The lowest BCUT2D eigenvalue weighted by Gasteiger charge is -2.35. The van der Waals surface area contributed by atoms with Crippen LogP contribution in [0.2, 0.25) is 0 Å². The normalized spacial score (nSPS) is 15.2. The highest BCUT2D eigenvalue weighted by molar-refractivity contribution is 7.07. The Kier molecular flexibility index (Phi) is 5.47. The number of nitrogens with zero attached hydrogens (tertiary/aromatic N) is 5. The number of benzene rings is 1. The topological polar surface area (TPSA) is 93.0 Å². The van der Waals surface area contributed by atoms with Crippen LogP contribution < -0.4 is 5.32 Å². The molecule has 0 saturated heterocycles. The number of hydrogen-bond acceptors (Lipinski definition) is 6. The Morgan fingerprint density at radius 1 is 1.09 bits per heavy atom. The third-order valence-electron chi connectivity index (χ3n) is 5.38. The molecule has 2 amide bonds. The Bertz CT molecular complexity index is 1220. The number of nitrogens with one attached hydrogen (secondary N) is 1. The zero-order chi connectivity index (χ0) is 21.9. The largest absolute Gasteiger partial charge is 0.347 e. The lowest BCUT2D eigenvalue weighted by atomic mass is 10.0. The monoisotopic (exact) mass is 444 g/mol. The first-order valence-corrected chi connectivity index (χ1v) is 11.1. The van der Waals surface area contributed by atoms with Crippen molar-refractivity contribution in [1.82, 2.24) is 29.7 Å². The van der Waals surface area contributed by atoms with Gasteiger partial charge in [-0.2, -0.15) is 0 Å². The van der Waals surface area contributed by atoms with E-state index in [4.69, 9.17) is 0 Å². The molecule has 160 valence electrons. The first-order valence-electron chi connectivity index (χ1n) is 10.2. The predicted octanol–water partition coefficient (Wildman–Crippen LogP) is 2.91. The van der Waals surface area contributed by atoms with Crippen molar-refractivity contribution in [3.63, 3.8) is 0 Å². The summed E-state index contributed by atoms with van der Waals surface area (Å²) in [4.78, 5) is 40.7. The van der Waals surface area contributed by atoms with E-state index in [1.54, 1.807) is 34.4 Å². The molecule has 1 N–H and O–H groups in total. The second-order valence-electron chi connectivity index (χ2n) is 7.41. The number of amides is 2. The van der Waals surface area contributed by atoms with E-state index < -0.39 is 6.04 Å². The van der Waals surface area contributed by atoms with Gasteiger partial charge in [0.1, 0.15) is 23.3 Å². The van der Waals surface area contributed by atoms with Gasteiger partial charge in [-0.05, 0) is 17.2 Å². The van der Waals surface area contributed by atoms with E-state index in [9.17, 15) is 9.59 Å². The van der Waals surface area contributed by atoms with Gasteiger partial charge in [-0.25, -0.2) is 9.97 Å². The molecule has 0 saturated carbocycles. The summed E-state index contributed by atoms with van der Waals surface area (Å²) >= 11 is 1.39. The summed E-state index contributed by atoms with van der Waals surface area (Å²) in [6, 6.07) is 13.1. The standard InChI is InChI=1S/C23H20N6O2S/c30-22(25-12-16-5-4-8-24-11-16)18-13-28-9-10-29(23(31)19-14-32-15-26-19)20(21(28)27-18)17-6-2-1-3-7-17/h1-8,11,13-15,20H,9-10,12H2,(H,25,30). The third kappa shape index (κ3) is 3.90.